The Morgan fingerprint density at radius 2 is 2.00 bits per heavy atom. The average Bonchev–Trinajstić information content (AvgIpc) is 3.13. The Bertz CT molecular complexity index is 945. The Hall–Kier alpha value is -2.38. The first-order chi connectivity index (χ1) is 13.6. The van der Waals surface area contributed by atoms with Gasteiger partial charge in [-0.3, -0.25) is 14.3 Å². The molecule has 0 atom stereocenters. The topological polar surface area (TPSA) is 72.7 Å². The van der Waals surface area contributed by atoms with Crippen LogP contribution in [0.25, 0.3) is 17.1 Å². The van der Waals surface area contributed by atoms with Crippen LogP contribution >= 0.6 is 23.4 Å². The molecule has 0 spiro atoms. The van der Waals surface area contributed by atoms with Crippen molar-refractivity contribution in [3.63, 3.8) is 0 Å². The van der Waals surface area contributed by atoms with Gasteiger partial charge in [-0.1, -0.05) is 42.8 Å². The minimum atomic E-state index is -0.0127. The molecule has 0 saturated carbocycles. The molecule has 1 N–H and O–H groups in total. The zero-order valence-electron chi connectivity index (χ0n) is 15.9. The quantitative estimate of drug-likeness (QED) is 0.438. The lowest BCUT2D eigenvalue weighted by Crippen LogP contribution is -2.26. The fraction of sp³-hybridized carbons (Fsp3) is 0.300. The summed E-state index contributed by atoms with van der Waals surface area (Å²) in [5.74, 6) is 0.945. The van der Waals surface area contributed by atoms with Crippen molar-refractivity contribution in [1.29, 1.82) is 0 Å². The summed E-state index contributed by atoms with van der Waals surface area (Å²) in [6, 6.07) is 9.48. The van der Waals surface area contributed by atoms with Crippen LogP contribution in [0, 0.1) is 6.92 Å². The van der Waals surface area contributed by atoms with Crippen molar-refractivity contribution in [2.75, 3.05) is 12.3 Å². The highest BCUT2D eigenvalue weighted by Crippen LogP contribution is 2.31. The molecule has 6 nitrogen and oxygen atoms in total. The lowest BCUT2D eigenvalue weighted by Gasteiger charge is -2.13. The molecule has 28 heavy (non-hydrogen) atoms. The standard InChI is InChI=1S/C20H22ClN5OS/c1-3-4-10-23-18(27)13-28-20-25-24-19(15-8-11-22-12-9-15)26(20)17-7-5-6-16(21)14(17)2/h5-9,11-12H,3-4,10,13H2,1-2H3,(H,23,27). The second kappa shape index (κ2) is 9.71. The first-order valence-corrected chi connectivity index (χ1v) is 10.5. The van der Waals surface area contributed by atoms with Gasteiger partial charge in [0, 0.05) is 29.5 Å². The second-order valence-electron chi connectivity index (χ2n) is 6.25. The largest absolute Gasteiger partial charge is 0.355 e. The van der Waals surface area contributed by atoms with Gasteiger partial charge in [-0.15, -0.1) is 10.2 Å². The van der Waals surface area contributed by atoms with E-state index in [-0.39, 0.29) is 11.7 Å². The second-order valence-corrected chi connectivity index (χ2v) is 7.60. The number of thioether (sulfide) groups is 1. The molecule has 3 aromatic rings. The van der Waals surface area contributed by atoms with Crippen molar-refractivity contribution in [2.45, 2.75) is 31.8 Å². The molecule has 0 bridgehead atoms. The predicted molar refractivity (Wildman–Crippen MR) is 113 cm³/mol. The maximum absolute atomic E-state index is 12.1. The van der Waals surface area contributed by atoms with Crippen molar-refractivity contribution >= 4 is 29.3 Å². The Morgan fingerprint density at radius 3 is 2.75 bits per heavy atom. The van der Waals surface area contributed by atoms with E-state index in [1.165, 1.54) is 11.8 Å². The first-order valence-electron chi connectivity index (χ1n) is 9.12. The molecular formula is C20H22ClN5OS. The van der Waals surface area contributed by atoms with Crippen molar-refractivity contribution in [3.8, 4) is 17.1 Å². The van der Waals surface area contributed by atoms with Gasteiger partial charge in [0.05, 0.1) is 11.4 Å². The number of nitrogens with one attached hydrogen (secondary N) is 1. The molecule has 0 radical (unpaired) electrons. The SMILES string of the molecule is CCCCNC(=O)CSc1nnc(-c2ccncc2)n1-c1cccc(Cl)c1C. The van der Waals surface area contributed by atoms with Crippen molar-refractivity contribution in [3.05, 3.63) is 53.3 Å². The summed E-state index contributed by atoms with van der Waals surface area (Å²) in [4.78, 5) is 16.2. The van der Waals surface area contributed by atoms with Gasteiger partial charge >= 0.3 is 0 Å². The number of benzene rings is 1. The Kier molecular flexibility index (Phi) is 7.06. The van der Waals surface area contributed by atoms with Gasteiger partial charge in [0.1, 0.15) is 0 Å². The molecule has 0 unspecified atom stereocenters. The summed E-state index contributed by atoms with van der Waals surface area (Å²) in [5.41, 5.74) is 2.70. The van der Waals surface area contributed by atoms with E-state index >= 15 is 0 Å². The predicted octanol–water partition coefficient (Wildman–Crippen LogP) is 4.30. The van der Waals surface area contributed by atoms with Gasteiger partial charge in [-0.05, 0) is 43.2 Å². The summed E-state index contributed by atoms with van der Waals surface area (Å²) in [6.07, 6.45) is 5.45. The smallest absolute Gasteiger partial charge is 0.230 e. The van der Waals surface area contributed by atoms with E-state index < -0.39 is 0 Å². The van der Waals surface area contributed by atoms with Gasteiger partial charge in [0.2, 0.25) is 5.91 Å². The summed E-state index contributed by atoms with van der Waals surface area (Å²) < 4.78 is 1.94. The molecule has 0 saturated heterocycles. The Labute approximate surface area is 173 Å². The van der Waals surface area contributed by atoms with E-state index in [4.69, 9.17) is 11.6 Å². The monoisotopic (exact) mass is 415 g/mol. The van der Waals surface area contributed by atoms with E-state index in [0.29, 0.717) is 22.5 Å². The van der Waals surface area contributed by atoms with E-state index in [9.17, 15) is 4.79 Å². The number of rotatable bonds is 8. The Balaban J connectivity index is 1.94. The minimum absolute atomic E-state index is 0.0127. The molecule has 146 valence electrons. The van der Waals surface area contributed by atoms with Gasteiger partial charge in [0.15, 0.2) is 11.0 Å². The van der Waals surface area contributed by atoms with Crippen LogP contribution in [0.3, 0.4) is 0 Å². The molecule has 0 aliphatic carbocycles. The van der Waals surface area contributed by atoms with Gasteiger partial charge in [-0.25, -0.2) is 0 Å². The summed E-state index contributed by atoms with van der Waals surface area (Å²) in [7, 11) is 0. The van der Waals surface area contributed by atoms with Crippen LogP contribution in [0.15, 0.2) is 47.9 Å². The van der Waals surface area contributed by atoms with Gasteiger partial charge in [-0.2, -0.15) is 0 Å². The number of aromatic nitrogens is 4. The molecule has 1 aromatic carbocycles. The van der Waals surface area contributed by atoms with E-state index in [2.05, 4.69) is 27.4 Å². The Morgan fingerprint density at radius 1 is 1.21 bits per heavy atom. The molecule has 3 rings (SSSR count). The van der Waals surface area contributed by atoms with Crippen LogP contribution in [-0.2, 0) is 4.79 Å². The maximum Gasteiger partial charge on any atom is 0.230 e. The van der Waals surface area contributed by atoms with Crippen LogP contribution in [0.1, 0.15) is 25.3 Å². The average molecular weight is 416 g/mol. The molecule has 2 heterocycles. The molecule has 0 aliphatic rings. The van der Waals surface area contributed by atoms with E-state index in [0.717, 1.165) is 29.7 Å². The highest BCUT2D eigenvalue weighted by atomic mass is 35.5. The van der Waals surface area contributed by atoms with Crippen molar-refractivity contribution in [2.24, 2.45) is 0 Å². The highest BCUT2D eigenvalue weighted by Gasteiger charge is 2.19. The summed E-state index contributed by atoms with van der Waals surface area (Å²) in [5, 5.41) is 13.0. The highest BCUT2D eigenvalue weighted by molar-refractivity contribution is 7.99. The van der Waals surface area contributed by atoms with Crippen LogP contribution < -0.4 is 5.32 Å². The van der Waals surface area contributed by atoms with Gasteiger partial charge in [0.25, 0.3) is 0 Å². The third-order valence-corrected chi connectivity index (χ3v) is 5.58. The summed E-state index contributed by atoms with van der Waals surface area (Å²) >= 11 is 7.70. The van der Waals surface area contributed by atoms with Gasteiger partial charge < -0.3 is 5.32 Å². The molecule has 1 amide bonds. The minimum Gasteiger partial charge on any atom is -0.355 e. The van der Waals surface area contributed by atoms with Crippen LogP contribution in [-0.4, -0.2) is 38.0 Å². The molecule has 0 aliphatic heterocycles. The number of carbonyl (C=O) groups is 1. The third kappa shape index (κ3) is 4.72. The number of nitrogens with zero attached hydrogens (tertiary/aromatic N) is 4. The fourth-order valence-electron chi connectivity index (χ4n) is 2.69. The van der Waals surface area contributed by atoms with Crippen LogP contribution in [0.5, 0.6) is 0 Å². The lowest BCUT2D eigenvalue weighted by atomic mass is 10.2. The zero-order chi connectivity index (χ0) is 19.9. The van der Waals surface area contributed by atoms with E-state index in [1.807, 2.05) is 41.8 Å². The first kappa shape index (κ1) is 20.4. The number of amides is 1. The molecular weight excluding hydrogens is 394 g/mol. The van der Waals surface area contributed by atoms with E-state index in [1.54, 1.807) is 12.4 Å². The molecule has 2 aromatic heterocycles. The maximum atomic E-state index is 12.1. The number of hydrogen-bond acceptors (Lipinski definition) is 5. The number of hydrogen-bond donors (Lipinski definition) is 1. The fourth-order valence-corrected chi connectivity index (χ4v) is 3.64. The molecule has 0 fully saturated rings. The third-order valence-electron chi connectivity index (χ3n) is 4.24. The lowest BCUT2D eigenvalue weighted by molar-refractivity contribution is -0.118. The number of pyridine rings is 1. The zero-order valence-corrected chi connectivity index (χ0v) is 17.4. The van der Waals surface area contributed by atoms with Crippen molar-refractivity contribution < 1.29 is 4.79 Å². The summed E-state index contributed by atoms with van der Waals surface area (Å²) in [6.45, 7) is 4.75. The number of carbonyl (C=O) groups excluding carboxylic acids is 1. The normalized spacial score (nSPS) is 10.8. The number of unbranched alkanes of at least 4 members (excludes halogenated alkanes) is 1. The van der Waals surface area contributed by atoms with Crippen LogP contribution in [0.2, 0.25) is 5.02 Å². The number of halogens is 1. The van der Waals surface area contributed by atoms with Crippen molar-refractivity contribution in [1.82, 2.24) is 25.1 Å². The molecule has 8 heteroatoms. The van der Waals surface area contributed by atoms with Crippen LogP contribution in [0.4, 0.5) is 0 Å².